The first kappa shape index (κ1) is 17.2. The van der Waals surface area contributed by atoms with Gasteiger partial charge in [0.15, 0.2) is 0 Å². The van der Waals surface area contributed by atoms with Gasteiger partial charge in [-0.05, 0) is 42.1 Å². The van der Waals surface area contributed by atoms with Gasteiger partial charge in [0.1, 0.15) is 5.75 Å². The Morgan fingerprint density at radius 3 is 2.84 bits per heavy atom. The molecule has 3 rings (SSSR count). The van der Waals surface area contributed by atoms with Gasteiger partial charge < -0.3 is 19.9 Å². The molecule has 2 N–H and O–H groups in total. The number of halogens is 1. The van der Waals surface area contributed by atoms with Crippen LogP contribution in [0.1, 0.15) is 6.42 Å². The van der Waals surface area contributed by atoms with Crippen molar-refractivity contribution in [2.75, 3.05) is 19.0 Å². The zero-order valence-electron chi connectivity index (χ0n) is 14.0. The molecule has 0 unspecified atom stereocenters. The van der Waals surface area contributed by atoms with E-state index in [4.69, 9.17) is 16.3 Å². The van der Waals surface area contributed by atoms with Gasteiger partial charge in [0, 0.05) is 30.5 Å². The lowest BCUT2D eigenvalue weighted by Gasteiger charge is -2.10. The van der Waals surface area contributed by atoms with E-state index < -0.39 is 0 Å². The van der Waals surface area contributed by atoms with E-state index in [-0.39, 0.29) is 6.03 Å². The van der Waals surface area contributed by atoms with Gasteiger partial charge in [-0.2, -0.15) is 0 Å². The highest BCUT2D eigenvalue weighted by Crippen LogP contribution is 2.27. The number of nitrogens with one attached hydrogen (secondary N) is 2. The Balaban J connectivity index is 1.46. The van der Waals surface area contributed by atoms with Crippen LogP contribution in [0.4, 0.5) is 10.5 Å². The fourth-order valence-corrected chi connectivity index (χ4v) is 2.96. The first-order valence-corrected chi connectivity index (χ1v) is 8.47. The predicted molar refractivity (Wildman–Crippen MR) is 102 cm³/mol. The van der Waals surface area contributed by atoms with E-state index in [0.29, 0.717) is 23.0 Å². The summed E-state index contributed by atoms with van der Waals surface area (Å²) >= 11 is 6.05. The molecule has 1 aromatic heterocycles. The molecule has 6 heteroatoms. The number of rotatable bonds is 6. The van der Waals surface area contributed by atoms with Crippen molar-refractivity contribution in [1.29, 1.82) is 0 Å². The van der Waals surface area contributed by atoms with Crippen LogP contribution in [0.2, 0.25) is 5.02 Å². The third-order valence-corrected chi connectivity index (χ3v) is 4.25. The number of ether oxygens (including phenoxy) is 1. The van der Waals surface area contributed by atoms with Crippen LogP contribution in [-0.2, 0) is 6.54 Å². The minimum Gasteiger partial charge on any atom is -0.495 e. The lowest BCUT2D eigenvalue weighted by atomic mass is 10.2. The molecule has 2 aromatic carbocycles. The molecule has 5 nitrogen and oxygen atoms in total. The van der Waals surface area contributed by atoms with E-state index in [9.17, 15) is 4.79 Å². The number of urea groups is 1. The van der Waals surface area contributed by atoms with Gasteiger partial charge >= 0.3 is 6.03 Å². The average Bonchev–Trinajstić information content (AvgIpc) is 3.02. The largest absolute Gasteiger partial charge is 0.495 e. The molecule has 0 aliphatic carbocycles. The summed E-state index contributed by atoms with van der Waals surface area (Å²) in [6, 6.07) is 15.2. The molecule has 0 atom stereocenters. The number of aryl methyl sites for hydroxylation is 1. The van der Waals surface area contributed by atoms with Crippen molar-refractivity contribution < 1.29 is 9.53 Å². The summed E-state index contributed by atoms with van der Waals surface area (Å²) < 4.78 is 7.28. The molecule has 3 aromatic rings. The molecule has 0 spiro atoms. The number of methoxy groups -OCH3 is 1. The maximum Gasteiger partial charge on any atom is 0.319 e. The van der Waals surface area contributed by atoms with E-state index >= 15 is 0 Å². The number of carbonyl (C=O) groups excluding carboxylic acids is 1. The molecule has 0 bridgehead atoms. The van der Waals surface area contributed by atoms with Crippen LogP contribution < -0.4 is 15.4 Å². The van der Waals surface area contributed by atoms with Crippen molar-refractivity contribution in [2.45, 2.75) is 13.0 Å². The summed E-state index contributed by atoms with van der Waals surface area (Å²) in [4.78, 5) is 11.9. The molecule has 130 valence electrons. The second kappa shape index (κ2) is 7.94. The lowest BCUT2D eigenvalue weighted by Crippen LogP contribution is -2.30. The van der Waals surface area contributed by atoms with Crippen LogP contribution in [0.5, 0.6) is 5.75 Å². The van der Waals surface area contributed by atoms with Gasteiger partial charge in [0.25, 0.3) is 0 Å². The molecule has 0 saturated heterocycles. The highest BCUT2D eigenvalue weighted by atomic mass is 35.5. The average molecular weight is 358 g/mol. The quantitative estimate of drug-likeness (QED) is 0.637. The monoisotopic (exact) mass is 357 g/mol. The molecule has 1 heterocycles. The molecule has 0 radical (unpaired) electrons. The first-order valence-electron chi connectivity index (χ1n) is 8.09. The normalized spacial score (nSPS) is 10.6. The fourth-order valence-electron chi connectivity index (χ4n) is 2.71. The van der Waals surface area contributed by atoms with E-state index in [0.717, 1.165) is 13.0 Å². The van der Waals surface area contributed by atoms with Crippen LogP contribution in [0.3, 0.4) is 0 Å². The van der Waals surface area contributed by atoms with Crippen LogP contribution >= 0.6 is 11.6 Å². The summed E-state index contributed by atoms with van der Waals surface area (Å²) in [5.74, 6) is 0.576. The van der Waals surface area contributed by atoms with Crippen LogP contribution in [-0.4, -0.2) is 24.3 Å². The predicted octanol–water partition coefficient (Wildman–Crippen LogP) is 4.52. The van der Waals surface area contributed by atoms with Crippen molar-refractivity contribution in [3.63, 3.8) is 0 Å². The molecular formula is C19H20ClN3O2. The summed E-state index contributed by atoms with van der Waals surface area (Å²) in [5.41, 5.74) is 1.83. The standard InChI is InChI=1S/C19H20ClN3O2/c1-25-18-8-7-15(13-16(18)20)22-19(24)21-10-4-11-23-12-9-14-5-2-3-6-17(14)23/h2-3,5-9,12-13H,4,10-11H2,1H3,(H2,21,22,24). The number of fused-ring (bicyclic) bond motifs is 1. The highest BCUT2D eigenvalue weighted by molar-refractivity contribution is 6.32. The number of hydrogen-bond donors (Lipinski definition) is 2. The van der Waals surface area contributed by atoms with Crippen molar-refractivity contribution in [1.82, 2.24) is 9.88 Å². The van der Waals surface area contributed by atoms with Gasteiger partial charge in [-0.3, -0.25) is 0 Å². The second-order valence-electron chi connectivity index (χ2n) is 5.65. The number of para-hydroxylation sites is 1. The number of hydrogen-bond acceptors (Lipinski definition) is 2. The Kier molecular flexibility index (Phi) is 5.46. The Bertz CT molecular complexity index is 876. The Morgan fingerprint density at radius 2 is 2.04 bits per heavy atom. The summed E-state index contributed by atoms with van der Waals surface area (Å²) in [6.45, 7) is 1.43. The Hall–Kier alpha value is -2.66. The van der Waals surface area contributed by atoms with Crippen molar-refractivity contribution >= 4 is 34.2 Å². The van der Waals surface area contributed by atoms with Crippen LogP contribution in [0, 0.1) is 0 Å². The molecule has 0 saturated carbocycles. The molecule has 0 fully saturated rings. The third kappa shape index (κ3) is 4.25. The zero-order chi connectivity index (χ0) is 17.6. The maximum atomic E-state index is 11.9. The lowest BCUT2D eigenvalue weighted by molar-refractivity contribution is 0.252. The Morgan fingerprint density at radius 1 is 1.20 bits per heavy atom. The maximum absolute atomic E-state index is 11.9. The minimum absolute atomic E-state index is 0.251. The van der Waals surface area contributed by atoms with Crippen molar-refractivity contribution in [3.05, 3.63) is 59.8 Å². The zero-order valence-corrected chi connectivity index (χ0v) is 14.7. The highest BCUT2D eigenvalue weighted by Gasteiger charge is 2.05. The fraction of sp³-hybridized carbons (Fsp3) is 0.211. The first-order chi connectivity index (χ1) is 12.2. The molecule has 0 aliphatic heterocycles. The van der Waals surface area contributed by atoms with Crippen LogP contribution in [0.25, 0.3) is 10.9 Å². The third-order valence-electron chi connectivity index (χ3n) is 3.95. The number of nitrogens with zero attached hydrogens (tertiary/aromatic N) is 1. The molecule has 0 aliphatic rings. The smallest absolute Gasteiger partial charge is 0.319 e. The molecule has 25 heavy (non-hydrogen) atoms. The van der Waals surface area contributed by atoms with Crippen LogP contribution in [0.15, 0.2) is 54.7 Å². The van der Waals surface area contributed by atoms with E-state index in [1.165, 1.54) is 10.9 Å². The second-order valence-corrected chi connectivity index (χ2v) is 6.06. The SMILES string of the molecule is COc1ccc(NC(=O)NCCCn2ccc3ccccc32)cc1Cl. The summed E-state index contributed by atoms with van der Waals surface area (Å²) in [5, 5.41) is 7.30. The summed E-state index contributed by atoms with van der Waals surface area (Å²) in [7, 11) is 1.55. The Labute approximate surface area is 151 Å². The van der Waals surface area contributed by atoms with Gasteiger partial charge in [0.05, 0.1) is 12.1 Å². The number of carbonyl (C=O) groups is 1. The van der Waals surface area contributed by atoms with Crippen molar-refractivity contribution in [3.8, 4) is 5.75 Å². The number of anilines is 1. The van der Waals surface area contributed by atoms with E-state index in [2.05, 4.69) is 39.6 Å². The number of amides is 2. The van der Waals surface area contributed by atoms with Gasteiger partial charge in [-0.15, -0.1) is 0 Å². The van der Waals surface area contributed by atoms with E-state index in [1.54, 1.807) is 25.3 Å². The van der Waals surface area contributed by atoms with Gasteiger partial charge in [-0.1, -0.05) is 29.8 Å². The van der Waals surface area contributed by atoms with Gasteiger partial charge in [-0.25, -0.2) is 4.79 Å². The van der Waals surface area contributed by atoms with Crippen molar-refractivity contribution in [2.24, 2.45) is 0 Å². The van der Waals surface area contributed by atoms with E-state index in [1.807, 2.05) is 12.1 Å². The molecular weight excluding hydrogens is 338 g/mol. The number of aromatic nitrogens is 1. The van der Waals surface area contributed by atoms with Gasteiger partial charge in [0.2, 0.25) is 0 Å². The topological polar surface area (TPSA) is 55.3 Å². The minimum atomic E-state index is -0.251. The molecule has 2 amide bonds. The number of benzene rings is 2. The summed E-state index contributed by atoms with van der Waals surface area (Å²) in [6.07, 6.45) is 2.92.